The van der Waals surface area contributed by atoms with Crippen molar-refractivity contribution in [3.8, 4) is 0 Å². The predicted molar refractivity (Wildman–Crippen MR) is 121 cm³/mol. The molecule has 0 aliphatic rings. The van der Waals surface area contributed by atoms with Crippen molar-refractivity contribution in [1.82, 2.24) is 5.32 Å². The smallest absolute Gasteiger partial charge is 0.326 e. The molecule has 2 amide bonds. The predicted octanol–water partition coefficient (Wildman–Crippen LogP) is 3.69. The summed E-state index contributed by atoms with van der Waals surface area (Å²) in [7, 11) is 0. The number of carbonyl (C=O) groups excluding carboxylic acids is 3. The lowest BCUT2D eigenvalue weighted by Gasteiger charge is -2.15. The molecule has 3 aromatic carbocycles. The van der Waals surface area contributed by atoms with E-state index in [0.29, 0.717) is 5.69 Å². The fraction of sp³-hybridized carbons (Fsp3) is 0.240. The lowest BCUT2D eigenvalue weighted by molar-refractivity contribution is -0.152. The van der Waals surface area contributed by atoms with Crippen LogP contribution in [-0.4, -0.2) is 30.4 Å². The van der Waals surface area contributed by atoms with Crippen LogP contribution in [0.1, 0.15) is 23.6 Å². The Morgan fingerprint density at radius 2 is 1.71 bits per heavy atom. The monoisotopic (exact) mass is 418 g/mol. The van der Waals surface area contributed by atoms with Crippen molar-refractivity contribution < 1.29 is 19.1 Å². The summed E-state index contributed by atoms with van der Waals surface area (Å²) in [5.74, 6) is -1.39. The maximum Gasteiger partial charge on any atom is 0.326 e. The van der Waals surface area contributed by atoms with Gasteiger partial charge in [-0.15, -0.1) is 0 Å². The highest BCUT2D eigenvalue weighted by Crippen LogP contribution is 2.19. The molecule has 0 saturated heterocycles. The van der Waals surface area contributed by atoms with Crippen molar-refractivity contribution in [2.75, 3.05) is 11.9 Å². The van der Waals surface area contributed by atoms with E-state index >= 15 is 0 Å². The van der Waals surface area contributed by atoms with E-state index in [1.54, 1.807) is 0 Å². The summed E-state index contributed by atoms with van der Waals surface area (Å²) in [6, 6.07) is 19.2. The molecule has 0 radical (unpaired) electrons. The van der Waals surface area contributed by atoms with Crippen LogP contribution in [0.15, 0.2) is 60.7 Å². The lowest BCUT2D eigenvalue weighted by Crippen LogP contribution is -2.36. The molecule has 1 atom stereocenters. The van der Waals surface area contributed by atoms with E-state index in [2.05, 4.69) is 10.6 Å². The highest BCUT2D eigenvalue weighted by molar-refractivity contribution is 5.96. The van der Waals surface area contributed by atoms with Crippen LogP contribution in [0, 0.1) is 13.8 Å². The Bertz CT molecular complexity index is 1120. The van der Waals surface area contributed by atoms with Gasteiger partial charge in [-0.1, -0.05) is 60.2 Å². The molecule has 0 heterocycles. The van der Waals surface area contributed by atoms with Gasteiger partial charge in [-0.25, -0.2) is 0 Å². The van der Waals surface area contributed by atoms with Gasteiger partial charge in [0.25, 0.3) is 5.91 Å². The van der Waals surface area contributed by atoms with E-state index in [9.17, 15) is 14.4 Å². The van der Waals surface area contributed by atoms with Gasteiger partial charge in [-0.2, -0.15) is 0 Å². The van der Waals surface area contributed by atoms with Gasteiger partial charge in [0.1, 0.15) is 6.54 Å². The van der Waals surface area contributed by atoms with E-state index < -0.39 is 18.0 Å². The normalized spacial score (nSPS) is 11.6. The van der Waals surface area contributed by atoms with E-state index in [4.69, 9.17) is 4.74 Å². The molecule has 0 fully saturated rings. The zero-order valence-electron chi connectivity index (χ0n) is 17.9. The minimum atomic E-state index is -0.983. The van der Waals surface area contributed by atoms with Crippen molar-refractivity contribution in [3.05, 3.63) is 77.4 Å². The molecule has 31 heavy (non-hydrogen) atoms. The second-order valence-corrected chi connectivity index (χ2v) is 7.53. The topological polar surface area (TPSA) is 84.5 Å². The van der Waals surface area contributed by atoms with Crippen LogP contribution in [0.2, 0.25) is 0 Å². The number of amides is 2. The Balaban J connectivity index is 1.48. The second-order valence-electron chi connectivity index (χ2n) is 7.53. The molecule has 3 rings (SSSR count). The van der Waals surface area contributed by atoms with Gasteiger partial charge in [-0.05, 0) is 48.7 Å². The highest BCUT2D eigenvalue weighted by atomic mass is 16.5. The van der Waals surface area contributed by atoms with Crippen molar-refractivity contribution in [2.45, 2.75) is 33.3 Å². The summed E-state index contributed by atoms with van der Waals surface area (Å²) in [6.07, 6.45) is -0.833. The zero-order valence-corrected chi connectivity index (χ0v) is 17.9. The van der Waals surface area contributed by atoms with Gasteiger partial charge in [0.2, 0.25) is 5.91 Å². The zero-order chi connectivity index (χ0) is 22.4. The van der Waals surface area contributed by atoms with Gasteiger partial charge < -0.3 is 15.4 Å². The molecule has 0 saturated carbocycles. The molecule has 3 aromatic rings. The number of benzene rings is 3. The third kappa shape index (κ3) is 5.92. The molecular formula is C25H26N2O4. The molecular weight excluding hydrogens is 392 g/mol. The van der Waals surface area contributed by atoms with Gasteiger partial charge in [0, 0.05) is 5.69 Å². The molecule has 0 unspecified atom stereocenters. The largest absolute Gasteiger partial charge is 0.451 e. The summed E-state index contributed by atoms with van der Waals surface area (Å²) in [4.78, 5) is 36.7. The number of carbonyl (C=O) groups is 3. The molecule has 160 valence electrons. The van der Waals surface area contributed by atoms with Gasteiger partial charge in [-0.3, -0.25) is 14.4 Å². The van der Waals surface area contributed by atoms with Crippen LogP contribution in [0.3, 0.4) is 0 Å². The van der Waals surface area contributed by atoms with Crippen LogP contribution < -0.4 is 10.6 Å². The third-order valence-corrected chi connectivity index (χ3v) is 4.98. The molecule has 6 heteroatoms. The molecule has 6 nitrogen and oxygen atoms in total. The molecule has 2 N–H and O–H groups in total. The summed E-state index contributed by atoms with van der Waals surface area (Å²) in [5, 5.41) is 7.36. The first-order valence-electron chi connectivity index (χ1n) is 10.1. The van der Waals surface area contributed by atoms with Crippen LogP contribution in [0.4, 0.5) is 5.69 Å². The Kier molecular flexibility index (Phi) is 7.03. The number of rotatable bonds is 7. The molecule has 0 aromatic heterocycles. The van der Waals surface area contributed by atoms with E-state index in [1.807, 2.05) is 74.5 Å². The Hall–Kier alpha value is -3.67. The Morgan fingerprint density at radius 1 is 0.968 bits per heavy atom. The number of anilines is 1. The molecule has 0 aliphatic heterocycles. The fourth-order valence-corrected chi connectivity index (χ4v) is 3.33. The number of aryl methyl sites for hydroxylation is 2. The quantitative estimate of drug-likeness (QED) is 0.573. The van der Waals surface area contributed by atoms with Crippen LogP contribution in [0.5, 0.6) is 0 Å². The second kappa shape index (κ2) is 9.89. The summed E-state index contributed by atoms with van der Waals surface area (Å²) < 4.78 is 5.15. The molecule has 0 spiro atoms. The van der Waals surface area contributed by atoms with Gasteiger partial charge >= 0.3 is 5.97 Å². The van der Waals surface area contributed by atoms with Gasteiger partial charge in [0.05, 0.1) is 6.42 Å². The van der Waals surface area contributed by atoms with Crippen molar-refractivity contribution >= 4 is 34.2 Å². The Morgan fingerprint density at radius 3 is 2.48 bits per heavy atom. The van der Waals surface area contributed by atoms with Crippen LogP contribution in [-0.2, 0) is 25.5 Å². The van der Waals surface area contributed by atoms with E-state index in [1.165, 1.54) is 6.92 Å². The number of fused-ring (bicyclic) bond motifs is 1. The van der Waals surface area contributed by atoms with Crippen LogP contribution >= 0.6 is 0 Å². The molecule has 0 aliphatic carbocycles. The third-order valence-electron chi connectivity index (χ3n) is 4.98. The number of hydrogen-bond acceptors (Lipinski definition) is 4. The number of hydrogen-bond donors (Lipinski definition) is 2. The number of esters is 1. The number of nitrogens with one attached hydrogen (secondary N) is 2. The first-order chi connectivity index (χ1) is 14.8. The average molecular weight is 418 g/mol. The minimum absolute atomic E-state index is 0.150. The summed E-state index contributed by atoms with van der Waals surface area (Å²) >= 11 is 0. The number of ether oxygens (including phenoxy) is 1. The maximum atomic E-state index is 12.3. The first-order valence-corrected chi connectivity index (χ1v) is 10.1. The van der Waals surface area contributed by atoms with Gasteiger partial charge in [0.15, 0.2) is 6.10 Å². The first kappa shape index (κ1) is 22.0. The van der Waals surface area contributed by atoms with Crippen LogP contribution in [0.25, 0.3) is 10.8 Å². The summed E-state index contributed by atoms with van der Waals surface area (Å²) in [6.45, 7) is 5.06. The SMILES string of the molecule is Cc1ccc(NC(=O)[C@H](C)OC(=O)CNC(=O)Cc2cccc3ccccc23)c(C)c1. The lowest BCUT2D eigenvalue weighted by atomic mass is 10.0. The minimum Gasteiger partial charge on any atom is -0.451 e. The standard InChI is InChI=1S/C25H26N2O4/c1-16-11-12-22(17(2)13-16)27-25(30)18(3)31-24(29)15-26-23(28)14-20-9-6-8-19-7-4-5-10-21(19)20/h4-13,18H,14-15H2,1-3H3,(H,26,28)(H,27,30)/t18-/m0/s1. The van der Waals surface area contributed by atoms with E-state index in [0.717, 1.165) is 27.5 Å². The van der Waals surface area contributed by atoms with Crippen molar-refractivity contribution in [1.29, 1.82) is 0 Å². The average Bonchev–Trinajstić information content (AvgIpc) is 2.74. The fourth-order valence-electron chi connectivity index (χ4n) is 3.33. The molecule has 0 bridgehead atoms. The van der Waals surface area contributed by atoms with Crippen molar-refractivity contribution in [2.24, 2.45) is 0 Å². The summed E-state index contributed by atoms with van der Waals surface area (Å²) in [5.41, 5.74) is 3.56. The highest BCUT2D eigenvalue weighted by Gasteiger charge is 2.19. The Labute approximate surface area is 181 Å². The maximum absolute atomic E-state index is 12.3. The van der Waals surface area contributed by atoms with E-state index in [-0.39, 0.29) is 18.9 Å². The van der Waals surface area contributed by atoms with Crippen molar-refractivity contribution in [3.63, 3.8) is 0 Å².